The number of pyridine rings is 3. The van der Waals surface area contributed by atoms with Crippen LogP contribution in [0.4, 0.5) is 5.69 Å². The van der Waals surface area contributed by atoms with Gasteiger partial charge in [0, 0.05) is 50.5 Å². The number of aromatic nitrogens is 3. The van der Waals surface area contributed by atoms with Gasteiger partial charge in [0.2, 0.25) is 0 Å². The van der Waals surface area contributed by atoms with Crippen LogP contribution in [0.3, 0.4) is 0 Å². The number of fused-ring (bicyclic) bond motifs is 1. The van der Waals surface area contributed by atoms with Crippen molar-refractivity contribution in [1.82, 2.24) is 25.2 Å². The van der Waals surface area contributed by atoms with Crippen molar-refractivity contribution < 1.29 is 4.79 Å². The Morgan fingerprint density at radius 1 is 1.10 bits per heavy atom. The summed E-state index contributed by atoms with van der Waals surface area (Å²) in [5.41, 5.74) is 4.44. The van der Waals surface area contributed by atoms with Gasteiger partial charge in [-0.2, -0.15) is 0 Å². The topological polar surface area (TPSA) is 94.2 Å². The van der Waals surface area contributed by atoms with Crippen LogP contribution >= 0.6 is 0 Å². The lowest BCUT2D eigenvalue weighted by Crippen LogP contribution is -2.53. The first-order chi connectivity index (χ1) is 14.8. The molecule has 8 nitrogen and oxygen atoms in total. The number of carbonyl (C=O) groups excluding carboxylic acids is 1. The zero-order chi connectivity index (χ0) is 22.2. The van der Waals surface area contributed by atoms with Crippen LogP contribution in [0.5, 0.6) is 0 Å². The van der Waals surface area contributed by atoms with E-state index < -0.39 is 0 Å². The van der Waals surface area contributed by atoms with Crippen molar-refractivity contribution >= 4 is 22.6 Å². The number of nitrogens with zero attached hydrogens (tertiary/aromatic N) is 4. The summed E-state index contributed by atoms with van der Waals surface area (Å²) in [5, 5.41) is 2.59. The van der Waals surface area contributed by atoms with E-state index >= 15 is 0 Å². The monoisotopic (exact) mass is 420 g/mol. The third-order valence-electron chi connectivity index (χ3n) is 6.23. The molecule has 3 aromatic rings. The minimum Gasteiger partial charge on any atom is -0.368 e. The van der Waals surface area contributed by atoms with Crippen LogP contribution in [0, 0.1) is 6.92 Å². The molecule has 0 aromatic carbocycles. The molecule has 31 heavy (non-hydrogen) atoms. The average molecular weight is 421 g/mol. The Labute approximate surface area is 181 Å². The highest BCUT2D eigenvalue weighted by molar-refractivity contribution is 5.92. The molecule has 1 saturated heterocycles. The normalized spacial score (nSPS) is 15.3. The molecule has 1 aliphatic rings. The largest absolute Gasteiger partial charge is 0.368 e. The fourth-order valence-corrected chi connectivity index (χ4v) is 4.06. The number of carbonyl (C=O) groups is 1. The molecular formula is C23H28N6O2. The van der Waals surface area contributed by atoms with E-state index in [-0.39, 0.29) is 17.0 Å². The highest BCUT2D eigenvalue weighted by Gasteiger charge is 2.32. The molecule has 1 fully saturated rings. The van der Waals surface area contributed by atoms with Gasteiger partial charge in [0.25, 0.3) is 11.5 Å². The van der Waals surface area contributed by atoms with Crippen LogP contribution in [-0.4, -0.2) is 59.0 Å². The molecule has 1 aliphatic heterocycles. The first kappa shape index (κ1) is 21.0. The van der Waals surface area contributed by atoms with E-state index in [0.717, 1.165) is 48.5 Å². The first-order valence-corrected chi connectivity index (χ1v) is 10.5. The molecule has 1 amide bonds. The average Bonchev–Trinajstić information content (AvgIpc) is 2.79. The number of nitrogens with one attached hydrogen (secondary N) is 2. The van der Waals surface area contributed by atoms with Crippen molar-refractivity contribution in [2.75, 3.05) is 38.1 Å². The van der Waals surface area contributed by atoms with Crippen LogP contribution in [0.1, 0.15) is 35.5 Å². The lowest BCUT2D eigenvalue weighted by molar-refractivity contribution is 0.0958. The van der Waals surface area contributed by atoms with E-state index in [1.807, 2.05) is 24.4 Å². The number of amides is 1. The molecule has 0 unspecified atom stereocenters. The number of aryl methyl sites for hydroxylation is 1. The van der Waals surface area contributed by atoms with Gasteiger partial charge in [-0.25, -0.2) is 4.98 Å². The summed E-state index contributed by atoms with van der Waals surface area (Å²) < 4.78 is 0. The Hall–Kier alpha value is -3.26. The number of piperazine rings is 1. The Bertz CT molecular complexity index is 1160. The first-order valence-electron chi connectivity index (χ1n) is 10.5. The maximum Gasteiger partial charge on any atom is 0.269 e. The Morgan fingerprint density at radius 3 is 2.48 bits per heavy atom. The van der Waals surface area contributed by atoms with Crippen LogP contribution in [0.2, 0.25) is 0 Å². The molecule has 3 aromatic heterocycles. The summed E-state index contributed by atoms with van der Waals surface area (Å²) in [6, 6.07) is 7.57. The lowest BCUT2D eigenvalue weighted by atomic mass is 9.92. The van der Waals surface area contributed by atoms with E-state index in [9.17, 15) is 9.59 Å². The molecule has 4 rings (SSSR count). The summed E-state index contributed by atoms with van der Waals surface area (Å²) in [7, 11) is 1.60. The molecule has 0 saturated carbocycles. The maximum atomic E-state index is 12.0. The van der Waals surface area contributed by atoms with Gasteiger partial charge in [-0.15, -0.1) is 0 Å². The summed E-state index contributed by atoms with van der Waals surface area (Å²) >= 11 is 0. The van der Waals surface area contributed by atoms with E-state index in [4.69, 9.17) is 0 Å². The van der Waals surface area contributed by atoms with Crippen molar-refractivity contribution in [2.24, 2.45) is 0 Å². The summed E-state index contributed by atoms with van der Waals surface area (Å²) in [6.07, 6.45) is 3.67. The van der Waals surface area contributed by atoms with E-state index in [1.54, 1.807) is 26.2 Å². The van der Waals surface area contributed by atoms with Gasteiger partial charge in [0.15, 0.2) is 0 Å². The van der Waals surface area contributed by atoms with Crippen molar-refractivity contribution in [3.63, 3.8) is 0 Å². The molecule has 0 bridgehead atoms. The molecule has 2 N–H and O–H groups in total. The quantitative estimate of drug-likeness (QED) is 0.671. The zero-order valence-corrected chi connectivity index (χ0v) is 18.4. The van der Waals surface area contributed by atoms with Gasteiger partial charge in [-0.1, -0.05) is 0 Å². The van der Waals surface area contributed by atoms with Crippen molar-refractivity contribution in [3.05, 3.63) is 63.8 Å². The van der Waals surface area contributed by atoms with Crippen LogP contribution in [-0.2, 0) is 5.54 Å². The third kappa shape index (κ3) is 4.03. The molecule has 4 heterocycles. The van der Waals surface area contributed by atoms with Crippen LogP contribution < -0.4 is 15.8 Å². The number of H-pyrrole nitrogens is 1. The highest BCUT2D eigenvalue weighted by Crippen LogP contribution is 2.30. The number of hydrogen-bond acceptors (Lipinski definition) is 6. The van der Waals surface area contributed by atoms with E-state index in [2.05, 4.69) is 43.9 Å². The molecule has 8 heteroatoms. The van der Waals surface area contributed by atoms with Crippen LogP contribution in [0.15, 0.2) is 41.5 Å². The fraction of sp³-hybridized carbons (Fsp3) is 0.391. The molecule has 162 valence electrons. The Morgan fingerprint density at radius 2 is 1.84 bits per heavy atom. The summed E-state index contributed by atoms with van der Waals surface area (Å²) in [5.74, 6) is -0.182. The standard InChI is InChI=1S/C23H28N6O2/c1-15-11-19-20(27-21(15)30)12-16(13-25-19)23(2,3)29-9-7-28(8-10-29)17-5-6-18(26-14-17)22(31)24-4/h5-6,11-14H,7-10H2,1-4H3,(H,24,31)(H,27,30). The molecule has 0 aliphatic carbocycles. The Kier molecular flexibility index (Phi) is 5.49. The predicted octanol–water partition coefficient (Wildman–Crippen LogP) is 2.04. The zero-order valence-electron chi connectivity index (χ0n) is 18.4. The maximum absolute atomic E-state index is 12.0. The van der Waals surface area contributed by atoms with Gasteiger partial charge in [-0.3, -0.25) is 19.5 Å². The number of rotatable bonds is 4. The van der Waals surface area contributed by atoms with Crippen molar-refractivity contribution in [2.45, 2.75) is 26.3 Å². The van der Waals surface area contributed by atoms with Gasteiger partial charge in [-0.05, 0) is 50.6 Å². The molecule has 0 spiro atoms. The Balaban J connectivity index is 1.48. The second-order valence-corrected chi connectivity index (χ2v) is 8.45. The highest BCUT2D eigenvalue weighted by atomic mass is 16.1. The lowest BCUT2D eigenvalue weighted by Gasteiger charge is -2.44. The van der Waals surface area contributed by atoms with Crippen molar-refractivity contribution in [3.8, 4) is 0 Å². The van der Waals surface area contributed by atoms with E-state index in [0.29, 0.717) is 11.3 Å². The van der Waals surface area contributed by atoms with E-state index in [1.165, 1.54) is 0 Å². The van der Waals surface area contributed by atoms with Gasteiger partial charge in [0.05, 0.1) is 22.9 Å². The molecule has 0 atom stereocenters. The number of aromatic amines is 1. The third-order valence-corrected chi connectivity index (χ3v) is 6.23. The van der Waals surface area contributed by atoms with Gasteiger partial charge >= 0.3 is 0 Å². The minimum absolute atomic E-state index is 0.0751. The fourth-order valence-electron chi connectivity index (χ4n) is 4.06. The molecular weight excluding hydrogens is 392 g/mol. The molecule has 0 radical (unpaired) electrons. The predicted molar refractivity (Wildman–Crippen MR) is 122 cm³/mol. The summed E-state index contributed by atoms with van der Waals surface area (Å²) in [6.45, 7) is 9.66. The SMILES string of the molecule is CNC(=O)c1ccc(N2CCN(C(C)(C)c3cnc4cc(C)c(=O)[nH]c4c3)CC2)cn1. The van der Waals surface area contributed by atoms with Gasteiger partial charge < -0.3 is 15.2 Å². The smallest absolute Gasteiger partial charge is 0.269 e. The second-order valence-electron chi connectivity index (χ2n) is 8.45. The summed E-state index contributed by atoms with van der Waals surface area (Å²) in [4.78, 5) is 40.2. The number of hydrogen-bond donors (Lipinski definition) is 2. The number of anilines is 1. The van der Waals surface area contributed by atoms with Crippen LogP contribution in [0.25, 0.3) is 11.0 Å². The van der Waals surface area contributed by atoms with Crippen molar-refractivity contribution in [1.29, 1.82) is 0 Å². The minimum atomic E-state index is -0.226. The van der Waals surface area contributed by atoms with Gasteiger partial charge in [0.1, 0.15) is 5.69 Å². The second kappa shape index (κ2) is 8.11.